The maximum absolute atomic E-state index is 14.1. The van der Waals surface area contributed by atoms with E-state index in [1.807, 2.05) is 6.92 Å². The van der Waals surface area contributed by atoms with Crippen molar-refractivity contribution >= 4 is 11.9 Å². The molecule has 0 aromatic carbocycles. The van der Waals surface area contributed by atoms with E-state index in [2.05, 4.69) is 25.2 Å². The van der Waals surface area contributed by atoms with Crippen LogP contribution in [-0.2, 0) is 19.1 Å². The number of alkyl halides is 2. The van der Waals surface area contributed by atoms with Crippen LogP contribution in [0.1, 0.15) is 66.7 Å². The van der Waals surface area contributed by atoms with Crippen LogP contribution in [0.4, 0.5) is 8.78 Å². The average molecular weight is 455 g/mol. The second kappa shape index (κ2) is 9.24. The first-order chi connectivity index (χ1) is 14.8. The van der Waals surface area contributed by atoms with Gasteiger partial charge in [-0.05, 0) is 56.4 Å². The first-order valence-corrected chi connectivity index (χ1v) is 11.7. The standard InChI is InChI=1S/C25H36F2O5/c1-14-10-16-7-6-15(2)19(9-8-18-12-17(28)13-21(29)31-18)22(16)20(11-14)32-23(30)24(3,4)25(5,26)27/h6-7,10,14-15,17-20,22,28H,8-9,11-13H2,1-5H3/t14-,15-,17+,18+,19-,20-,22-/m0/s1. The van der Waals surface area contributed by atoms with Crippen molar-refractivity contribution in [2.24, 2.45) is 29.1 Å². The zero-order chi connectivity index (χ0) is 23.8. The smallest absolute Gasteiger partial charge is 0.317 e. The van der Waals surface area contributed by atoms with Gasteiger partial charge in [0.25, 0.3) is 5.92 Å². The van der Waals surface area contributed by atoms with Crippen LogP contribution in [0.15, 0.2) is 23.8 Å². The molecule has 1 heterocycles. The van der Waals surface area contributed by atoms with E-state index in [-0.39, 0.29) is 42.2 Å². The lowest BCUT2D eigenvalue weighted by atomic mass is 9.65. The zero-order valence-corrected chi connectivity index (χ0v) is 19.6. The molecule has 180 valence electrons. The molecule has 0 unspecified atom stereocenters. The third-order valence-electron chi connectivity index (χ3n) is 7.52. The fourth-order valence-corrected chi connectivity index (χ4v) is 5.10. The number of cyclic esters (lactones) is 1. The van der Waals surface area contributed by atoms with Gasteiger partial charge in [0.2, 0.25) is 0 Å². The highest BCUT2D eigenvalue weighted by Gasteiger charge is 2.51. The number of rotatable bonds is 6. The summed E-state index contributed by atoms with van der Waals surface area (Å²) in [4.78, 5) is 24.5. The molecule has 3 aliphatic rings. The van der Waals surface area contributed by atoms with Crippen molar-refractivity contribution in [2.45, 2.75) is 91.0 Å². The van der Waals surface area contributed by atoms with Crippen LogP contribution in [0.5, 0.6) is 0 Å². The molecule has 1 saturated heterocycles. The fourth-order valence-electron chi connectivity index (χ4n) is 5.10. The average Bonchev–Trinajstić information content (AvgIpc) is 2.65. The second-order valence-corrected chi connectivity index (χ2v) is 10.5. The van der Waals surface area contributed by atoms with Crippen LogP contribution < -0.4 is 0 Å². The molecule has 2 aliphatic carbocycles. The van der Waals surface area contributed by atoms with Crippen molar-refractivity contribution < 1.29 is 33.0 Å². The molecule has 0 bridgehead atoms. The quantitative estimate of drug-likeness (QED) is 0.582. The fraction of sp³-hybridized carbons (Fsp3) is 0.760. The Kier molecular flexibility index (Phi) is 7.18. The molecule has 1 aliphatic heterocycles. The lowest BCUT2D eigenvalue weighted by Gasteiger charge is -2.44. The van der Waals surface area contributed by atoms with E-state index in [0.29, 0.717) is 25.7 Å². The number of allylic oxidation sites excluding steroid dienone is 3. The number of carbonyl (C=O) groups is 2. The summed E-state index contributed by atoms with van der Waals surface area (Å²) in [6, 6.07) is 0. The molecule has 0 aromatic rings. The van der Waals surface area contributed by atoms with E-state index in [4.69, 9.17) is 9.47 Å². The molecule has 0 radical (unpaired) electrons. The van der Waals surface area contributed by atoms with E-state index < -0.39 is 29.5 Å². The molecule has 0 spiro atoms. The van der Waals surface area contributed by atoms with Gasteiger partial charge in [0.1, 0.15) is 17.6 Å². The highest BCUT2D eigenvalue weighted by molar-refractivity contribution is 5.77. The summed E-state index contributed by atoms with van der Waals surface area (Å²) in [5, 5.41) is 9.90. The Balaban J connectivity index is 1.79. The Labute approximate surface area is 189 Å². The van der Waals surface area contributed by atoms with E-state index in [1.165, 1.54) is 13.8 Å². The molecule has 5 nitrogen and oxygen atoms in total. The van der Waals surface area contributed by atoms with Gasteiger partial charge in [-0.2, -0.15) is 0 Å². The zero-order valence-electron chi connectivity index (χ0n) is 19.6. The van der Waals surface area contributed by atoms with Crippen LogP contribution in [-0.4, -0.2) is 41.3 Å². The van der Waals surface area contributed by atoms with Gasteiger partial charge in [-0.25, -0.2) is 8.78 Å². The van der Waals surface area contributed by atoms with Crippen molar-refractivity contribution in [2.75, 3.05) is 0 Å². The van der Waals surface area contributed by atoms with Crippen LogP contribution in [0, 0.1) is 29.1 Å². The predicted molar refractivity (Wildman–Crippen MR) is 116 cm³/mol. The van der Waals surface area contributed by atoms with E-state index in [1.54, 1.807) is 0 Å². The number of hydrogen-bond acceptors (Lipinski definition) is 5. The SMILES string of the molecule is C[C@H]1C=C2C=C[C@H](C)[C@H](CC[C@@H]3C[C@@H](O)CC(=O)O3)[C@H]2[C@@H](OC(=O)C(C)(C)C(C)(F)F)C1. The van der Waals surface area contributed by atoms with Crippen LogP contribution in [0.3, 0.4) is 0 Å². The Morgan fingerprint density at radius 2 is 1.91 bits per heavy atom. The molecule has 7 atom stereocenters. The number of hydrogen-bond donors (Lipinski definition) is 1. The van der Waals surface area contributed by atoms with Gasteiger partial charge >= 0.3 is 11.9 Å². The number of halogens is 2. The summed E-state index contributed by atoms with van der Waals surface area (Å²) in [7, 11) is 0. The van der Waals surface area contributed by atoms with Crippen molar-refractivity contribution in [3.8, 4) is 0 Å². The van der Waals surface area contributed by atoms with Crippen LogP contribution >= 0.6 is 0 Å². The minimum Gasteiger partial charge on any atom is -0.462 e. The summed E-state index contributed by atoms with van der Waals surface area (Å²) in [6.45, 7) is 7.33. The molecule has 1 fully saturated rings. The van der Waals surface area contributed by atoms with Crippen molar-refractivity contribution in [1.29, 1.82) is 0 Å². The first kappa shape index (κ1) is 24.9. The topological polar surface area (TPSA) is 72.8 Å². The lowest BCUT2D eigenvalue weighted by molar-refractivity contribution is -0.185. The van der Waals surface area contributed by atoms with Gasteiger partial charge in [-0.1, -0.05) is 32.1 Å². The highest BCUT2D eigenvalue weighted by Crippen LogP contribution is 2.46. The number of carbonyl (C=O) groups excluding carboxylic acids is 2. The molecular formula is C25H36F2O5. The molecule has 1 N–H and O–H groups in total. The largest absolute Gasteiger partial charge is 0.462 e. The van der Waals surface area contributed by atoms with Gasteiger partial charge in [0.05, 0.1) is 12.5 Å². The molecule has 3 rings (SSSR count). The molecule has 0 amide bonds. The van der Waals surface area contributed by atoms with Crippen molar-refractivity contribution in [3.63, 3.8) is 0 Å². The second-order valence-electron chi connectivity index (χ2n) is 10.5. The highest BCUT2D eigenvalue weighted by atomic mass is 19.3. The third-order valence-corrected chi connectivity index (χ3v) is 7.52. The number of aliphatic hydroxyl groups is 1. The van der Waals surface area contributed by atoms with Crippen molar-refractivity contribution in [3.05, 3.63) is 23.8 Å². The van der Waals surface area contributed by atoms with E-state index in [9.17, 15) is 23.5 Å². The number of ether oxygens (including phenoxy) is 2. The number of aliphatic hydroxyl groups excluding tert-OH is 1. The van der Waals surface area contributed by atoms with Crippen LogP contribution in [0.25, 0.3) is 0 Å². The molecule has 7 heteroatoms. The van der Waals surface area contributed by atoms with Gasteiger partial charge in [0.15, 0.2) is 0 Å². The summed E-state index contributed by atoms with van der Waals surface area (Å²) >= 11 is 0. The summed E-state index contributed by atoms with van der Waals surface area (Å²) < 4.78 is 39.3. The molecular weight excluding hydrogens is 418 g/mol. The van der Waals surface area contributed by atoms with Gasteiger partial charge < -0.3 is 14.6 Å². The Morgan fingerprint density at radius 1 is 1.22 bits per heavy atom. The monoisotopic (exact) mass is 454 g/mol. The summed E-state index contributed by atoms with van der Waals surface area (Å²) in [6.07, 6.45) is 7.22. The minimum absolute atomic E-state index is 0.0301. The maximum atomic E-state index is 14.1. The Bertz CT molecular complexity index is 782. The van der Waals surface area contributed by atoms with Crippen molar-refractivity contribution in [1.82, 2.24) is 0 Å². The Hall–Kier alpha value is -1.76. The minimum atomic E-state index is -3.20. The molecule has 32 heavy (non-hydrogen) atoms. The predicted octanol–water partition coefficient (Wildman–Crippen LogP) is 4.83. The number of fused-ring (bicyclic) bond motifs is 1. The Morgan fingerprint density at radius 3 is 2.53 bits per heavy atom. The first-order valence-electron chi connectivity index (χ1n) is 11.7. The summed E-state index contributed by atoms with van der Waals surface area (Å²) in [5.74, 6) is -4.09. The lowest BCUT2D eigenvalue weighted by Crippen LogP contribution is -2.47. The number of esters is 2. The van der Waals surface area contributed by atoms with E-state index >= 15 is 0 Å². The molecule has 0 saturated carbocycles. The van der Waals surface area contributed by atoms with Gasteiger partial charge in [-0.3, -0.25) is 9.59 Å². The summed E-state index contributed by atoms with van der Waals surface area (Å²) in [5.41, 5.74) is -0.846. The maximum Gasteiger partial charge on any atom is 0.317 e. The normalized spacial score (nSPS) is 35.6. The molecule has 0 aromatic heterocycles. The van der Waals surface area contributed by atoms with Crippen LogP contribution in [0.2, 0.25) is 0 Å². The van der Waals surface area contributed by atoms with E-state index in [0.717, 1.165) is 12.5 Å². The van der Waals surface area contributed by atoms with Gasteiger partial charge in [0, 0.05) is 19.3 Å². The van der Waals surface area contributed by atoms with Gasteiger partial charge in [-0.15, -0.1) is 0 Å². The third kappa shape index (κ3) is 5.24.